The van der Waals surface area contributed by atoms with Gasteiger partial charge in [-0.15, -0.1) is 11.3 Å². The van der Waals surface area contributed by atoms with Gasteiger partial charge in [-0.1, -0.05) is 38.4 Å². The molecule has 1 N–H and O–H groups in total. The van der Waals surface area contributed by atoms with Gasteiger partial charge in [0, 0.05) is 21.5 Å². The van der Waals surface area contributed by atoms with Gasteiger partial charge in [-0.25, -0.2) is 4.98 Å². The number of thiazole rings is 1. The van der Waals surface area contributed by atoms with Gasteiger partial charge < -0.3 is 5.32 Å². The number of benzene rings is 1. The van der Waals surface area contributed by atoms with Crippen molar-refractivity contribution < 1.29 is 0 Å². The number of aromatic nitrogens is 1. The lowest BCUT2D eigenvalue weighted by atomic mass is 9.93. The average Bonchev–Trinajstić information content (AvgIpc) is 2.79. The van der Waals surface area contributed by atoms with Crippen molar-refractivity contribution in [2.24, 2.45) is 0 Å². The van der Waals surface area contributed by atoms with E-state index < -0.39 is 0 Å². The molecule has 0 aliphatic carbocycles. The summed E-state index contributed by atoms with van der Waals surface area (Å²) >= 11 is 7.80. The van der Waals surface area contributed by atoms with Gasteiger partial charge in [0.2, 0.25) is 0 Å². The van der Waals surface area contributed by atoms with Crippen LogP contribution in [0.4, 0.5) is 5.69 Å². The first-order valence-electron chi connectivity index (χ1n) is 6.31. The van der Waals surface area contributed by atoms with Gasteiger partial charge in [-0.2, -0.15) is 0 Å². The molecule has 0 saturated heterocycles. The van der Waals surface area contributed by atoms with Crippen LogP contribution in [0.25, 0.3) is 0 Å². The summed E-state index contributed by atoms with van der Waals surface area (Å²) in [5.74, 6) is 0. The van der Waals surface area contributed by atoms with Crippen LogP contribution < -0.4 is 5.32 Å². The van der Waals surface area contributed by atoms with Crippen LogP contribution >= 0.6 is 22.9 Å². The van der Waals surface area contributed by atoms with Crippen LogP contribution in [0.2, 0.25) is 5.02 Å². The fourth-order valence-electron chi connectivity index (χ4n) is 1.62. The fourth-order valence-corrected chi connectivity index (χ4v) is 2.76. The summed E-state index contributed by atoms with van der Waals surface area (Å²) in [6.45, 7) is 9.28. The maximum absolute atomic E-state index is 6.11. The Hall–Kier alpha value is -1.06. The molecule has 1 aromatic heterocycles. The summed E-state index contributed by atoms with van der Waals surface area (Å²) in [6.07, 6.45) is 0. The molecular weight excluding hydrogens is 276 g/mol. The number of aryl methyl sites for hydroxylation is 1. The first-order valence-corrected chi connectivity index (χ1v) is 7.57. The van der Waals surface area contributed by atoms with E-state index in [1.807, 2.05) is 25.1 Å². The lowest BCUT2D eigenvalue weighted by Gasteiger charge is -2.14. The highest BCUT2D eigenvalue weighted by Crippen LogP contribution is 2.25. The molecule has 0 saturated carbocycles. The van der Waals surface area contributed by atoms with Crippen molar-refractivity contribution in [2.75, 3.05) is 5.32 Å². The van der Waals surface area contributed by atoms with Crippen molar-refractivity contribution in [3.8, 4) is 0 Å². The Morgan fingerprint density at radius 3 is 2.63 bits per heavy atom. The van der Waals surface area contributed by atoms with E-state index in [9.17, 15) is 0 Å². The zero-order valence-electron chi connectivity index (χ0n) is 11.7. The van der Waals surface area contributed by atoms with Crippen LogP contribution in [0, 0.1) is 6.92 Å². The molecule has 0 amide bonds. The van der Waals surface area contributed by atoms with Gasteiger partial charge in [-0.3, -0.25) is 0 Å². The molecule has 0 atom stereocenters. The Balaban J connectivity index is 2.02. The standard InChI is InChI=1S/C15H19ClN2S/c1-10-5-6-11(7-12(10)16)17-8-14-18-13(9-19-14)15(2,3)4/h5-7,9,17H,8H2,1-4H3. The molecule has 102 valence electrons. The van der Waals surface area contributed by atoms with Crippen molar-refractivity contribution in [1.82, 2.24) is 4.98 Å². The third-order valence-corrected chi connectivity index (χ3v) is 4.19. The van der Waals surface area contributed by atoms with Crippen LogP contribution in [0.5, 0.6) is 0 Å². The zero-order chi connectivity index (χ0) is 14.0. The Labute approximate surface area is 123 Å². The van der Waals surface area contributed by atoms with Crippen LogP contribution in [0.1, 0.15) is 37.0 Å². The summed E-state index contributed by atoms with van der Waals surface area (Å²) in [6, 6.07) is 6.02. The van der Waals surface area contributed by atoms with Crippen LogP contribution in [0.15, 0.2) is 23.6 Å². The maximum atomic E-state index is 6.11. The highest BCUT2D eigenvalue weighted by atomic mass is 35.5. The van der Waals surface area contributed by atoms with Crippen molar-refractivity contribution in [2.45, 2.75) is 39.7 Å². The molecule has 4 heteroatoms. The fraction of sp³-hybridized carbons (Fsp3) is 0.400. The van der Waals surface area contributed by atoms with Crippen LogP contribution in [-0.2, 0) is 12.0 Å². The molecule has 19 heavy (non-hydrogen) atoms. The van der Waals surface area contributed by atoms with E-state index in [0.717, 1.165) is 33.5 Å². The second-order valence-electron chi connectivity index (χ2n) is 5.69. The number of hydrogen-bond donors (Lipinski definition) is 1. The minimum absolute atomic E-state index is 0.113. The van der Waals surface area contributed by atoms with Crippen molar-refractivity contribution in [3.05, 3.63) is 44.9 Å². The van der Waals surface area contributed by atoms with E-state index in [1.165, 1.54) is 0 Å². The van der Waals surface area contributed by atoms with Gasteiger partial charge in [-0.05, 0) is 24.6 Å². The summed E-state index contributed by atoms with van der Waals surface area (Å²) < 4.78 is 0. The number of halogens is 1. The molecule has 2 rings (SSSR count). The van der Waals surface area contributed by atoms with E-state index in [1.54, 1.807) is 11.3 Å². The average molecular weight is 295 g/mol. The second kappa shape index (κ2) is 5.51. The predicted octanol–water partition coefficient (Wildman–Crippen LogP) is 5.01. The summed E-state index contributed by atoms with van der Waals surface area (Å²) in [5, 5.41) is 7.39. The van der Waals surface area contributed by atoms with Crippen LogP contribution in [-0.4, -0.2) is 4.98 Å². The molecule has 0 aliphatic heterocycles. The molecule has 1 heterocycles. The summed E-state index contributed by atoms with van der Waals surface area (Å²) in [7, 11) is 0. The van der Waals surface area contributed by atoms with Crippen molar-refractivity contribution >= 4 is 28.6 Å². The van der Waals surface area contributed by atoms with E-state index in [-0.39, 0.29) is 5.41 Å². The minimum Gasteiger partial charge on any atom is -0.378 e. The van der Waals surface area contributed by atoms with E-state index in [0.29, 0.717) is 0 Å². The summed E-state index contributed by atoms with van der Waals surface area (Å²) in [4.78, 5) is 4.66. The third-order valence-electron chi connectivity index (χ3n) is 2.94. The molecule has 2 aromatic rings. The number of hydrogen-bond acceptors (Lipinski definition) is 3. The van der Waals surface area contributed by atoms with Crippen molar-refractivity contribution in [1.29, 1.82) is 0 Å². The molecular formula is C15H19ClN2S. The number of nitrogens with one attached hydrogen (secondary N) is 1. The zero-order valence-corrected chi connectivity index (χ0v) is 13.3. The molecule has 1 aromatic carbocycles. The third kappa shape index (κ3) is 3.71. The lowest BCUT2D eigenvalue weighted by molar-refractivity contribution is 0.571. The maximum Gasteiger partial charge on any atom is 0.112 e. The molecule has 0 radical (unpaired) electrons. The second-order valence-corrected chi connectivity index (χ2v) is 7.04. The van der Waals surface area contributed by atoms with E-state index in [4.69, 9.17) is 11.6 Å². The van der Waals surface area contributed by atoms with E-state index >= 15 is 0 Å². The van der Waals surface area contributed by atoms with Gasteiger partial charge in [0.1, 0.15) is 5.01 Å². The molecule has 0 spiro atoms. The smallest absolute Gasteiger partial charge is 0.112 e. The minimum atomic E-state index is 0.113. The summed E-state index contributed by atoms with van der Waals surface area (Å²) in [5.41, 5.74) is 3.39. The molecule has 2 nitrogen and oxygen atoms in total. The molecule has 0 unspecified atom stereocenters. The number of anilines is 1. The van der Waals surface area contributed by atoms with Gasteiger partial charge in [0.25, 0.3) is 0 Å². The normalized spacial score (nSPS) is 11.6. The molecule has 0 aliphatic rings. The highest BCUT2D eigenvalue weighted by Gasteiger charge is 2.17. The SMILES string of the molecule is Cc1ccc(NCc2nc(C(C)(C)C)cs2)cc1Cl. The molecule has 0 bridgehead atoms. The molecule has 0 fully saturated rings. The Bertz CT molecular complexity index is 570. The topological polar surface area (TPSA) is 24.9 Å². The first kappa shape index (κ1) is 14.4. The van der Waals surface area contributed by atoms with Gasteiger partial charge >= 0.3 is 0 Å². The number of nitrogens with zero attached hydrogens (tertiary/aromatic N) is 1. The lowest BCUT2D eigenvalue weighted by Crippen LogP contribution is -2.11. The quantitative estimate of drug-likeness (QED) is 0.860. The van der Waals surface area contributed by atoms with Crippen LogP contribution in [0.3, 0.4) is 0 Å². The van der Waals surface area contributed by atoms with Gasteiger partial charge in [0.05, 0.1) is 12.2 Å². The Morgan fingerprint density at radius 1 is 1.32 bits per heavy atom. The predicted molar refractivity (Wildman–Crippen MR) is 84.3 cm³/mol. The highest BCUT2D eigenvalue weighted by molar-refractivity contribution is 7.09. The number of rotatable bonds is 3. The van der Waals surface area contributed by atoms with Gasteiger partial charge in [0.15, 0.2) is 0 Å². The first-order chi connectivity index (χ1) is 8.86. The Morgan fingerprint density at radius 2 is 2.05 bits per heavy atom. The van der Waals surface area contributed by atoms with Crippen molar-refractivity contribution in [3.63, 3.8) is 0 Å². The monoisotopic (exact) mass is 294 g/mol. The Kier molecular flexibility index (Phi) is 4.16. The van der Waals surface area contributed by atoms with E-state index in [2.05, 4.69) is 36.5 Å². The largest absolute Gasteiger partial charge is 0.378 e.